The van der Waals surface area contributed by atoms with Crippen LogP contribution < -0.4 is 0 Å². The molecule has 0 amide bonds. The standard InChI is InChI=1S/C20H32O5S/c1-6-26(7-2)25-18(22)12-13-24-19(23)14-17(20(3,4)5)15-8-10-16(21)11-9-15/h8-11,17,21,26H,6-7,12-14H2,1-5H3. The molecule has 148 valence electrons. The van der Waals surface area contributed by atoms with Crippen LogP contribution >= 0.6 is 11.2 Å². The van der Waals surface area contributed by atoms with Gasteiger partial charge in [-0.3, -0.25) is 9.59 Å². The maximum absolute atomic E-state index is 12.2. The highest BCUT2D eigenvalue weighted by Gasteiger charge is 2.29. The van der Waals surface area contributed by atoms with Gasteiger partial charge >= 0.3 is 11.9 Å². The number of aromatic hydroxyl groups is 1. The van der Waals surface area contributed by atoms with Crippen LogP contribution in [0.3, 0.4) is 0 Å². The van der Waals surface area contributed by atoms with E-state index in [1.807, 2.05) is 26.0 Å². The van der Waals surface area contributed by atoms with E-state index in [2.05, 4.69) is 20.8 Å². The van der Waals surface area contributed by atoms with Crippen molar-refractivity contribution in [3.05, 3.63) is 29.8 Å². The van der Waals surface area contributed by atoms with Gasteiger partial charge in [0.1, 0.15) is 12.4 Å². The Morgan fingerprint density at radius 3 is 2.15 bits per heavy atom. The molecule has 0 bridgehead atoms. The minimum atomic E-state index is -0.700. The second kappa shape index (κ2) is 10.5. The van der Waals surface area contributed by atoms with Gasteiger partial charge in [-0.2, -0.15) is 0 Å². The number of carbonyl (C=O) groups is 2. The molecule has 0 aliphatic rings. The van der Waals surface area contributed by atoms with Crippen LogP contribution in [0.4, 0.5) is 0 Å². The molecule has 0 fully saturated rings. The van der Waals surface area contributed by atoms with Crippen LogP contribution in [0.2, 0.25) is 0 Å². The lowest BCUT2D eigenvalue weighted by atomic mass is 9.74. The highest BCUT2D eigenvalue weighted by molar-refractivity contribution is 8.13. The zero-order valence-electron chi connectivity index (χ0n) is 16.4. The third-order valence-corrected chi connectivity index (χ3v) is 6.09. The van der Waals surface area contributed by atoms with Gasteiger partial charge in [0.2, 0.25) is 0 Å². The minimum absolute atomic E-state index is 0.0424. The first-order valence-corrected chi connectivity index (χ1v) is 10.7. The molecule has 0 saturated heterocycles. The van der Waals surface area contributed by atoms with Gasteiger partial charge in [0.15, 0.2) is 0 Å². The fraction of sp³-hybridized carbons (Fsp3) is 0.600. The van der Waals surface area contributed by atoms with E-state index in [1.165, 1.54) is 0 Å². The van der Waals surface area contributed by atoms with Crippen molar-refractivity contribution in [2.75, 3.05) is 18.1 Å². The third kappa shape index (κ3) is 7.68. The van der Waals surface area contributed by atoms with Crippen molar-refractivity contribution in [1.82, 2.24) is 0 Å². The Morgan fingerprint density at radius 2 is 1.65 bits per heavy atom. The van der Waals surface area contributed by atoms with Crippen molar-refractivity contribution < 1.29 is 23.6 Å². The summed E-state index contributed by atoms with van der Waals surface area (Å²) in [6.45, 7) is 10.2. The average molecular weight is 385 g/mol. The third-order valence-electron chi connectivity index (χ3n) is 4.22. The highest BCUT2D eigenvalue weighted by Crippen LogP contribution is 2.38. The molecular formula is C20H32O5S. The molecule has 0 saturated carbocycles. The van der Waals surface area contributed by atoms with Gasteiger partial charge in [-0.25, -0.2) is 0 Å². The number of phenols is 1. The Balaban J connectivity index is 2.55. The lowest BCUT2D eigenvalue weighted by molar-refractivity contribution is -0.146. The quantitative estimate of drug-likeness (QED) is 0.489. The number of benzene rings is 1. The summed E-state index contributed by atoms with van der Waals surface area (Å²) in [7, 11) is 0. The molecule has 1 rings (SSSR count). The van der Waals surface area contributed by atoms with Gasteiger partial charge in [-0.15, -0.1) is 11.2 Å². The monoisotopic (exact) mass is 384 g/mol. The van der Waals surface area contributed by atoms with Gasteiger partial charge in [0.05, 0.1) is 12.8 Å². The maximum Gasteiger partial charge on any atom is 0.319 e. The Labute approximate surface area is 159 Å². The van der Waals surface area contributed by atoms with Crippen LogP contribution in [0.1, 0.15) is 58.9 Å². The molecule has 1 unspecified atom stereocenters. The first-order valence-electron chi connectivity index (χ1n) is 9.07. The molecule has 1 N–H and O–H groups in total. The normalized spacial score (nSPS) is 13.0. The zero-order chi connectivity index (χ0) is 19.7. The summed E-state index contributed by atoms with van der Waals surface area (Å²) in [5.41, 5.74) is 0.829. The number of phenolic OH excluding ortho intramolecular Hbond substituents is 1. The summed E-state index contributed by atoms with van der Waals surface area (Å²) in [5.74, 6) is 1.20. The number of thiol groups is 1. The summed E-state index contributed by atoms with van der Waals surface area (Å²) in [6.07, 6.45) is 0.309. The predicted molar refractivity (Wildman–Crippen MR) is 107 cm³/mol. The average Bonchev–Trinajstić information content (AvgIpc) is 2.57. The van der Waals surface area contributed by atoms with Crippen LogP contribution in [-0.4, -0.2) is 35.2 Å². The molecule has 0 radical (unpaired) electrons. The second-order valence-corrected chi connectivity index (χ2v) is 9.67. The van der Waals surface area contributed by atoms with E-state index in [4.69, 9.17) is 8.92 Å². The molecule has 5 nitrogen and oxygen atoms in total. The summed E-state index contributed by atoms with van der Waals surface area (Å²) in [5, 5.41) is 9.46. The molecule has 26 heavy (non-hydrogen) atoms. The van der Waals surface area contributed by atoms with E-state index in [1.54, 1.807) is 12.1 Å². The van der Waals surface area contributed by atoms with Gasteiger partial charge < -0.3 is 14.0 Å². The SMILES string of the molecule is CC[SH](CC)OC(=O)CCOC(=O)CC(c1ccc(O)cc1)C(C)(C)C. The first kappa shape index (κ1) is 22.4. The van der Waals surface area contributed by atoms with Crippen molar-refractivity contribution in [1.29, 1.82) is 0 Å². The number of hydrogen-bond donors (Lipinski definition) is 2. The largest absolute Gasteiger partial charge is 0.508 e. The van der Waals surface area contributed by atoms with Gasteiger partial charge in [-0.05, 0) is 29.0 Å². The first-order chi connectivity index (χ1) is 12.2. The van der Waals surface area contributed by atoms with E-state index in [0.717, 1.165) is 17.1 Å². The molecule has 6 heteroatoms. The molecular weight excluding hydrogens is 352 g/mol. The summed E-state index contributed by atoms with van der Waals surface area (Å²) >= 11 is -0.700. The van der Waals surface area contributed by atoms with Crippen LogP contribution in [0.15, 0.2) is 24.3 Å². The molecule has 1 aromatic rings. The summed E-state index contributed by atoms with van der Waals surface area (Å²) in [4.78, 5) is 24.0. The van der Waals surface area contributed by atoms with E-state index in [0.29, 0.717) is 0 Å². The summed E-state index contributed by atoms with van der Waals surface area (Å²) in [6, 6.07) is 6.89. The Kier molecular flexibility index (Phi) is 8.99. The lowest BCUT2D eigenvalue weighted by Gasteiger charge is -2.30. The van der Waals surface area contributed by atoms with Gasteiger partial charge in [0, 0.05) is 11.5 Å². The van der Waals surface area contributed by atoms with Crippen molar-refractivity contribution in [3.8, 4) is 5.75 Å². The number of carbonyl (C=O) groups excluding carboxylic acids is 2. The van der Waals surface area contributed by atoms with Crippen molar-refractivity contribution in [3.63, 3.8) is 0 Å². The minimum Gasteiger partial charge on any atom is -0.508 e. The number of esters is 1. The molecule has 0 aromatic heterocycles. The fourth-order valence-electron chi connectivity index (χ4n) is 2.65. The van der Waals surface area contributed by atoms with E-state index < -0.39 is 11.2 Å². The highest BCUT2D eigenvalue weighted by atomic mass is 32.2. The smallest absolute Gasteiger partial charge is 0.319 e. The van der Waals surface area contributed by atoms with E-state index >= 15 is 0 Å². The van der Waals surface area contributed by atoms with E-state index in [-0.39, 0.29) is 48.5 Å². The number of rotatable bonds is 9. The fourth-order valence-corrected chi connectivity index (χ4v) is 3.73. The van der Waals surface area contributed by atoms with Crippen LogP contribution in [0, 0.1) is 5.41 Å². The van der Waals surface area contributed by atoms with Crippen molar-refractivity contribution in [2.45, 2.75) is 53.4 Å². The summed E-state index contributed by atoms with van der Waals surface area (Å²) < 4.78 is 10.6. The number of ether oxygens (including phenoxy) is 1. The zero-order valence-corrected chi connectivity index (χ0v) is 17.3. The predicted octanol–water partition coefficient (Wildman–Crippen LogP) is 4.34. The molecule has 1 atom stereocenters. The van der Waals surface area contributed by atoms with Crippen LogP contribution in [0.25, 0.3) is 0 Å². The van der Waals surface area contributed by atoms with Crippen molar-refractivity contribution in [2.24, 2.45) is 5.41 Å². The maximum atomic E-state index is 12.2. The number of hydrogen-bond acceptors (Lipinski definition) is 5. The molecule has 0 aliphatic carbocycles. The lowest BCUT2D eigenvalue weighted by Crippen LogP contribution is -2.23. The molecule has 0 heterocycles. The Hall–Kier alpha value is -1.69. The van der Waals surface area contributed by atoms with Crippen LogP contribution in [-0.2, 0) is 18.5 Å². The second-order valence-electron chi connectivity index (χ2n) is 7.26. The van der Waals surface area contributed by atoms with Gasteiger partial charge in [-0.1, -0.05) is 46.8 Å². The molecule has 0 aliphatic heterocycles. The molecule has 0 spiro atoms. The Morgan fingerprint density at radius 1 is 1.08 bits per heavy atom. The topological polar surface area (TPSA) is 72.8 Å². The van der Waals surface area contributed by atoms with Gasteiger partial charge in [0.25, 0.3) is 0 Å². The Bertz CT molecular complexity index is 573. The van der Waals surface area contributed by atoms with E-state index in [9.17, 15) is 14.7 Å². The molecule has 1 aromatic carbocycles. The van der Waals surface area contributed by atoms with Crippen LogP contribution in [0.5, 0.6) is 5.75 Å². The van der Waals surface area contributed by atoms with Crippen molar-refractivity contribution >= 4 is 23.1 Å².